The summed E-state index contributed by atoms with van der Waals surface area (Å²) in [6, 6.07) is 9.07. The van der Waals surface area contributed by atoms with E-state index in [9.17, 15) is 23.2 Å². The van der Waals surface area contributed by atoms with Crippen molar-refractivity contribution in [1.82, 2.24) is 0 Å². The number of carbonyl (C=O) groups is 3. The lowest BCUT2D eigenvalue weighted by Gasteiger charge is -2.16. The summed E-state index contributed by atoms with van der Waals surface area (Å²) in [7, 11) is 0. The number of rotatable bonds is 5. The Hall–Kier alpha value is -3.09. The van der Waals surface area contributed by atoms with Gasteiger partial charge >= 0.3 is 5.97 Å². The van der Waals surface area contributed by atoms with Crippen molar-refractivity contribution in [3.05, 3.63) is 65.2 Å². The fourth-order valence-electron chi connectivity index (χ4n) is 2.69. The molecule has 0 radical (unpaired) electrons. The Morgan fingerprint density at radius 1 is 1.04 bits per heavy atom. The SMILES string of the molecule is O=C(COC(=O)c1cccc(N2CCCC2=O)c1)c1ccc(F)c(F)c1. The molecule has 1 heterocycles. The zero-order chi connectivity index (χ0) is 18.7. The third kappa shape index (κ3) is 3.77. The van der Waals surface area contributed by atoms with Gasteiger partial charge in [0.05, 0.1) is 5.56 Å². The van der Waals surface area contributed by atoms with Gasteiger partial charge in [0.2, 0.25) is 5.91 Å². The summed E-state index contributed by atoms with van der Waals surface area (Å²) in [4.78, 5) is 37.5. The van der Waals surface area contributed by atoms with E-state index >= 15 is 0 Å². The van der Waals surface area contributed by atoms with Gasteiger partial charge in [-0.3, -0.25) is 9.59 Å². The maximum atomic E-state index is 13.2. The molecule has 0 aliphatic carbocycles. The molecule has 0 bridgehead atoms. The largest absolute Gasteiger partial charge is 0.454 e. The minimum Gasteiger partial charge on any atom is -0.454 e. The predicted octanol–water partition coefficient (Wildman–Crippen LogP) is 3.13. The molecular weight excluding hydrogens is 344 g/mol. The summed E-state index contributed by atoms with van der Waals surface area (Å²) in [5.41, 5.74) is 0.697. The highest BCUT2D eigenvalue weighted by atomic mass is 19.2. The molecule has 3 rings (SSSR count). The summed E-state index contributed by atoms with van der Waals surface area (Å²) in [6.45, 7) is -0.0112. The standard InChI is InChI=1S/C19H15F2NO4/c20-15-7-6-12(10-16(15)21)17(23)11-26-19(25)13-3-1-4-14(9-13)22-8-2-5-18(22)24/h1,3-4,6-7,9-10H,2,5,8,11H2. The van der Waals surface area contributed by atoms with Gasteiger partial charge in [0.1, 0.15) is 0 Å². The second-order valence-electron chi connectivity index (χ2n) is 5.83. The molecule has 0 spiro atoms. The van der Waals surface area contributed by atoms with Gasteiger partial charge in [-0.2, -0.15) is 0 Å². The van der Waals surface area contributed by atoms with Crippen LogP contribution < -0.4 is 4.90 Å². The molecular formula is C19H15F2NO4. The zero-order valence-electron chi connectivity index (χ0n) is 13.7. The molecule has 134 valence electrons. The predicted molar refractivity (Wildman–Crippen MR) is 89.0 cm³/mol. The average Bonchev–Trinajstić information content (AvgIpc) is 3.07. The van der Waals surface area contributed by atoms with Crippen LogP contribution in [0, 0.1) is 11.6 Å². The molecule has 1 saturated heterocycles. The zero-order valence-corrected chi connectivity index (χ0v) is 13.7. The summed E-state index contributed by atoms with van der Waals surface area (Å²) in [5.74, 6) is -3.61. The van der Waals surface area contributed by atoms with Crippen molar-refractivity contribution in [2.24, 2.45) is 0 Å². The van der Waals surface area contributed by atoms with E-state index in [-0.39, 0.29) is 17.0 Å². The monoisotopic (exact) mass is 359 g/mol. The van der Waals surface area contributed by atoms with Crippen molar-refractivity contribution in [3.8, 4) is 0 Å². The average molecular weight is 359 g/mol. The van der Waals surface area contributed by atoms with Gasteiger partial charge in [-0.1, -0.05) is 6.07 Å². The summed E-state index contributed by atoms with van der Waals surface area (Å²) in [5, 5.41) is 0. The van der Waals surface area contributed by atoms with Gasteiger partial charge in [0, 0.05) is 24.2 Å². The van der Waals surface area contributed by atoms with Crippen LogP contribution in [0.3, 0.4) is 0 Å². The first-order valence-corrected chi connectivity index (χ1v) is 8.01. The van der Waals surface area contributed by atoms with E-state index in [1.807, 2.05) is 0 Å². The molecule has 0 aromatic heterocycles. The Balaban J connectivity index is 1.65. The molecule has 1 aliphatic heterocycles. The van der Waals surface area contributed by atoms with Crippen molar-refractivity contribution < 1.29 is 27.9 Å². The van der Waals surface area contributed by atoms with Crippen molar-refractivity contribution in [2.45, 2.75) is 12.8 Å². The van der Waals surface area contributed by atoms with E-state index in [1.165, 1.54) is 12.1 Å². The van der Waals surface area contributed by atoms with Gasteiger partial charge < -0.3 is 9.64 Å². The molecule has 0 unspecified atom stereocenters. The molecule has 2 aromatic carbocycles. The third-order valence-corrected chi connectivity index (χ3v) is 4.04. The van der Waals surface area contributed by atoms with Crippen molar-refractivity contribution >= 4 is 23.3 Å². The van der Waals surface area contributed by atoms with Gasteiger partial charge in [-0.05, 0) is 42.8 Å². The lowest BCUT2D eigenvalue weighted by atomic mass is 10.1. The molecule has 1 amide bonds. The number of hydrogen-bond acceptors (Lipinski definition) is 4. The van der Waals surface area contributed by atoms with E-state index in [0.717, 1.165) is 24.6 Å². The van der Waals surface area contributed by atoms with Crippen molar-refractivity contribution in [3.63, 3.8) is 0 Å². The van der Waals surface area contributed by atoms with Crippen LogP contribution >= 0.6 is 0 Å². The number of halogens is 2. The maximum absolute atomic E-state index is 13.2. The third-order valence-electron chi connectivity index (χ3n) is 4.04. The van der Waals surface area contributed by atoms with Crippen LogP contribution in [0.4, 0.5) is 14.5 Å². The van der Waals surface area contributed by atoms with Crippen LogP contribution in [-0.2, 0) is 9.53 Å². The number of esters is 1. The molecule has 2 aromatic rings. The quantitative estimate of drug-likeness (QED) is 0.608. The topological polar surface area (TPSA) is 63.7 Å². The van der Waals surface area contributed by atoms with Crippen LogP contribution in [0.5, 0.6) is 0 Å². The van der Waals surface area contributed by atoms with Crippen LogP contribution in [-0.4, -0.2) is 30.8 Å². The number of Topliss-reactive ketones (excluding diaryl/α,β-unsaturated/α-hetero) is 1. The Labute approximate surface area is 148 Å². The highest BCUT2D eigenvalue weighted by molar-refractivity contribution is 6.00. The summed E-state index contributed by atoms with van der Waals surface area (Å²) >= 11 is 0. The number of hydrogen-bond donors (Lipinski definition) is 0. The molecule has 7 heteroatoms. The minimum absolute atomic E-state index is 0.0102. The lowest BCUT2D eigenvalue weighted by Crippen LogP contribution is -2.24. The first-order chi connectivity index (χ1) is 12.5. The smallest absolute Gasteiger partial charge is 0.338 e. The van der Waals surface area contributed by atoms with Gasteiger partial charge in [-0.15, -0.1) is 0 Å². The first-order valence-electron chi connectivity index (χ1n) is 8.01. The number of carbonyl (C=O) groups excluding carboxylic acids is 3. The number of benzene rings is 2. The Morgan fingerprint density at radius 3 is 2.54 bits per heavy atom. The fourth-order valence-corrected chi connectivity index (χ4v) is 2.69. The number of nitrogens with zero attached hydrogens (tertiary/aromatic N) is 1. The van der Waals surface area contributed by atoms with E-state index in [0.29, 0.717) is 18.7 Å². The van der Waals surface area contributed by atoms with E-state index in [2.05, 4.69) is 0 Å². The maximum Gasteiger partial charge on any atom is 0.338 e. The van der Waals surface area contributed by atoms with Crippen molar-refractivity contribution in [2.75, 3.05) is 18.1 Å². The molecule has 0 saturated carbocycles. The molecule has 1 fully saturated rings. The van der Waals surface area contributed by atoms with Crippen LogP contribution in [0.25, 0.3) is 0 Å². The van der Waals surface area contributed by atoms with Gasteiger partial charge in [0.15, 0.2) is 24.0 Å². The first kappa shape index (κ1) is 17.7. The number of amides is 1. The Bertz CT molecular complexity index is 882. The molecule has 26 heavy (non-hydrogen) atoms. The molecule has 0 atom stereocenters. The van der Waals surface area contributed by atoms with Crippen LogP contribution in [0.15, 0.2) is 42.5 Å². The normalized spacial score (nSPS) is 13.8. The summed E-state index contributed by atoms with van der Waals surface area (Å²) < 4.78 is 31.0. The second-order valence-corrected chi connectivity index (χ2v) is 5.83. The number of ketones is 1. The van der Waals surface area contributed by atoms with Crippen LogP contribution in [0.2, 0.25) is 0 Å². The molecule has 1 aliphatic rings. The fraction of sp³-hybridized carbons (Fsp3) is 0.211. The van der Waals surface area contributed by atoms with Gasteiger partial charge in [-0.25, -0.2) is 13.6 Å². The van der Waals surface area contributed by atoms with Gasteiger partial charge in [0.25, 0.3) is 0 Å². The Kier molecular flexibility index (Phi) is 5.06. The van der Waals surface area contributed by atoms with Crippen molar-refractivity contribution in [1.29, 1.82) is 0 Å². The number of anilines is 1. The summed E-state index contributed by atoms with van der Waals surface area (Å²) in [6.07, 6.45) is 1.23. The highest BCUT2D eigenvalue weighted by Crippen LogP contribution is 2.22. The minimum atomic E-state index is -1.15. The van der Waals surface area contributed by atoms with E-state index in [4.69, 9.17) is 4.74 Å². The number of ether oxygens (including phenoxy) is 1. The molecule has 0 N–H and O–H groups in total. The molecule has 5 nitrogen and oxygen atoms in total. The Morgan fingerprint density at radius 2 is 1.85 bits per heavy atom. The van der Waals surface area contributed by atoms with Crippen LogP contribution in [0.1, 0.15) is 33.6 Å². The van der Waals surface area contributed by atoms with E-state index < -0.39 is 30.0 Å². The van der Waals surface area contributed by atoms with E-state index in [1.54, 1.807) is 17.0 Å². The second kappa shape index (κ2) is 7.43. The highest BCUT2D eigenvalue weighted by Gasteiger charge is 2.22. The lowest BCUT2D eigenvalue weighted by molar-refractivity contribution is -0.117.